The van der Waals surface area contributed by atoms with Gasteiger partial charge in [-0.15, -0.1) is 0 Å². The van der Waals surface area contributed by atoms with E-state index in [1.807, 2.05) is 0 Å². The Morgan fingerprint density at radius 2 is 0.952 bits per heavy atom. The lowest BCUT2D eigenvalue weighted by Gasteiger charge is -2.59. The monoisotopic (exact) mass is 864 g/mol. The number of esters is 1. The molecule has 6 aromatic carbocycles. The van der Waals surface area contributed by atoms with Gasteiger partial charge < -0.3 is 13.6 Å². The highest BCUT2D eigenvalue weighted by atomic mass is 28.4. The molecule has 6 aromatic rings. The zero-order valence-corrected chi connectivity index (χ0v) is 38.8. The molecule has 7 atom stereocenters. The third-order valence-electron chi connectivity index (χ3n) is 16.0. The second-order valence-corrected chi connectivity index (χ2v) is 25.7. The van der Waals surface area contributed by atoms with E-state index in [1.54, 1.807) is 6.92 Å². The normalized spacial score (nSPS) is 26.7. The van der Waals surface area contributed by atoms with Gasteiger partial charge in [-0.05, 0) is 106 Å². The Kier molecular flexibility index (Phi) is 11.6. The van der Waals surface area contributed by atoms with Gasteiger partial charge in [0.25, 0.3) is 16.6 Å². The molecular weight excluding hydrogens is 805 g/mol. The molecule has 63 heavy (non-hydrogen) atoms. The van der Waals surface area contributed by atoms with E-state index >= 15 is 0 Å². The van der Waals surface area contributed by atoms with Gasteiger partial charge >= 0.3 is 5.97 Å². The second-order valence-electron chi connectivity index (χ2n) is 19.0. The third-order valence-corrected chi connectivity index (χ3v) is 24.1. The van der Waals surface area contributed by atoms with Gasteiger partial charge in [0.05, 0.1) is 12.2 Å². The molecule has 0 saturated heterocycles. The molecule has 0 radical (unpaired) electrons. The molecule has 0 heterocycles. The van der Waals surface area contributed by atoms with Crippen LogP contribution in [0.4, 0.5) is 0 Å². The van der Waals surface area contributed by atoms with Crippen molar-refractivity contribution in [1.82, 2.24) is 0 Å². The second kappa shape index (κ2) is 17.5. The molecule has 320 valence electrons. The minimum Gasteiger partial charge on any atom is -0.465 e. The van der Waals surface area contributed by atoms with Crippen LogP contribution in [0.15, 0.2) is 194 Å². The molecule has 0 amide bonds. The Morgan fingerprint density at radius 3 is 1.38 bits per heavy atom. The number of rotatable bonds is 12. The van der Waals surface area contributed by atoms with E-state index in [2.05, 4.69) is 195 Å². The Labute approximate surface area is 376 Å². The van der Waals surface area contributed by atoms with Crippen molar-refractivity contribution in [1.29, 1.82) is 0 Å². The summed E-state index contributed by atoms with van der Waals surface area (Å²) < 4.78 is 22.0. The lowest BCUT2D eigenvalue weighted by molar-refractivity contribution is -0.150. The van der Waals surface area contributed by atoms with E-state index in [0.717, 1.165) is 44.9 Å². The van der Waals surface area contributed by atoms with Gasteiger partial charge in [-0.25, -0.2) is 0 Å². The van der Waals surface area contributed by atoms with Gasteiger partial charge in [0.15, 0.2) is 0 Å². The van der Waals surface area contributed by atoms with E-state index in [4.69, 9.17) is 13.6 Å². The predicted octanol–water partition coefficient (Wildman–Crippen LogP) is 8.60. The van der Waals surface area contributed by atoms with Crippen LogP contribution in [0, 0.1) is 28.6 Å². The molecule has 0 N–H and O–H groups in total. The fourth-order valence-corrected chi connectivity index (χ4v) is 21.4. The molecule has 3 saturated carbocycles. The van der Waals surface area contributed by atoms with Crippen LogP contribution in [0.5, 0.6) is 0 Å². The van der Waals surface area contributed by atoms with E-state index in [9.17, 15) is 4.79 Å². The minimum absolute atomic E-state index is 0.0359. The van der Waals surface area contributed by atoms with E-state index < -0.39 is 16.6 Å². The average molecular weight is 865 g/mol. The zero-order chi connectivity index (χ0) is 42.9. The van der Waals surface area contributed by atoms with Crippen LogP contribution >= 0.6 is 0 Å². The molecule has 3 fully saturated rings. The Morgan fingerprint density at radius 1 is 0.524 bits per heavy atom. The zero-order valence-electron chi connectivity index (χ0n) is 36.8. The minimum atomic E-state index is -2.93. The van der Waals surface area contributed by atoms with Crippen molar-refractivity contribution in [3.8, 4) is 0 Å². The third kappa shape index (κ3) is 7.33. The maximum Gasteiger partial charge on any atom is 0.302 e. The predicted molar refractivity (Wildman–Crippen MR) is 260 cm³/mol. The first-order valence-electron chi connectivity index (χ1n) is 23.4. The Hall–Kier alpha value is -5.12. The lowest BCUT2D eigenvalue weighted by Crippen LogP contribution is -2.71. The largest absolute Gasteiger partial charge is 0.465 e. The van der Waals surface area contributed by atoms with E-state index in [-0.39, 0.29) is 29.0 Å². The smallest absolute Gasteiger partial charge is 0.302 e. The summed E-state index contributed by atoms with van der Waals surface area (Å²) in [6.07, 6.45) is 11.0. The number of hydrogen-bond donors (Lipinski definition) is 0. The summed E-state index contributed by atoms with van der Waals surface area (Å²) in [6, 6.07) is 66.1. The van der Waals surface area contributed by atoms with Crippen LogP contribution in [0.25, 0.3) is 0 Å². The topological polar surface area (TPSA) is 44.8 Å². The quantitative estimate of drug-likeness (QED) is 0.0536. The number of benzene rings is 6. The van der Waals surface area contributed by atoms with Crippen LogP contribution in [0.2, 0.25) is 0 Å². The molecular formula is C57H60O4Si2. The molecule has 6 heteroatoms. The van der Waals surface area contributed by atoms with Crippen molar-refractivity contribution < 1.29 is 18.4 Å². The summed E-state index contributed by atoms with van der Waals surface area (Å²) in [5.41, 5.74) is 1.30. The van der Waals surface area contributed by atoms with Gasteiger partial charge in [0, 0.05) is 12.3 Å². The van der Waals surface area contributed by atoms with Crippen molar-refractivity contribution in [3.05, 3.63) is 194 Å². The summed E-state index contributed by atoms with van der Waals surface area (Å²) in [5, 5.41) is 7.66. The highest BCUT2D eigenvalue weighted by Crippen LogP contribution is 2.66. The summed E-state index contributed by atoms with van der Waals surface area (Å²) >= 11 is 0. The summed E-state index contributed by atoms with van der Waals surface area (Å²) in [6.45, 7) is 4.60. The van der Waals surface area contributed by atoms with Gasteiger partial charge in [-0.2, -0.15) is 0 Å². The van der Waals surface area contributed by atoms with Gasteiger partial charge in [0.2, 0.25) is 0 Å². The molecule has 0 aliphatic heterocycles. The average Bonchev–Trinajstić information content (AvgIpc) is 3.68. The number of carbonyl (C=O) groups excluding carboxylic acids is 1. The fourth-order valence-electron chi connectivity index (χ4n) is 13.1. The molecule has 0 spiro atoms. The lowest BCUT2D eigenvalue weighted by atomic mass is 9.47. The number of fused-ring (bicyclic) bond motifs is 5. The Balaban J connectivity index is 0.995. The van der Waals surface area contributed by atoms with Crippen LogP contribution < -0.4 is 31.1 Å². The first-order valence-corrected chi connectivity index (χ1v) is 27.2. The molecule has 4 aliphatic carbocycles. The van der Waals surface area contributed by atoms with Gasteiger partial charge in [0.1, 0.15) is 6.61 Å². The Bertz CT molecular complexity index is 2310. The van der Waals surface area contributed by atoms with Crippen molar-refractivity contribution in [2.75, 3.05) is 6.61 Å². The highest BCUT2D eigenvalue weighted by molar-refractivity contribution is 7.07. The number of hydrogen-bond acceptors (Lipinski definition) is 4. The van der Waals surface area contributed by atoms with Crippen LogP contribution in [-0.2, 0) is 18.4 Å². The van der Waals surface area contributed by atoms with Crippen molar-refractivity contribution in [2.24, 2.45) is 28.6 Å². The van der Waals surface area contributed by atoms with Crippen molar-refractivity contribution >= 4 is 53.7 Å². The summed E-state index contributed by atoms with van der Waals surface area (Å²) in [4.78, 5) is 12.7. The SMILES string of the molecule is CC(=O)OC[C@]12CC[C@H](O[Si](c3ccccc3)(c3ccccc3)c3ccccc3)C=C1CC[C@@H]1[C@@H]2CC[C@]2(C)[C@@H](O[Si](c3ccccc3)(c3ccccc3)c3ccccc3)CC[C@@H]12. The summed E-state index contributed by atoms with van der Waals surface area (Å²) in [5.74, 6) is 1.32. The maximum atomic E-state index is 12.7. The van der Waals surface area contributed by atoms with Crippen molar-refractivity contribution in [2.45, 2.75) is 77.4 Å². The van der Waals surface area contributed by atoms with Crippen molar-refractivity contribution in [3.63, 3.8) is 0 Å². The van der Waals surface area contributed by atoms with Gasteiger partial charge in [-0.3, -0.25) is 4.79 Å². The number of ether oxygens (including phenoxy) is 1. The molecule has 4 aliphatic rings. The molecule has 0 aromatic heterocycles. The molecule has 0 bridgehead atoms. The fraction of sp³-hybridized carbons (Fsp3) is 0.316. The molecule has 10 rings (SSSR count). The number of carbonyl (C=O) groups is 1. The van der Waals surface area contributed by atoms with Crippen LogP contribution in [0.1, 0.15) is 65.2 Å². The van der Waals surface area contributed by atoms with E-state index in [0.29, 0.717) is 24.4 Å². The van der Waals surface area contributed by atoms with E-state index in [1.165, 1.54) is 43.1 Å². The standard InChI is InChI=1S/C57H60O4Si2/c1-43(58)59-42-57-40-37-45(60-62(46-21-9-3-10-22-46,47-23-11-4-12-24-47)48-25-13-5-14-26-48)41-44(57)33-34-52-53-35-36-55(56(53,2)39-38-54(52)57)61-63(49-27-15-6-16-28-49,50-29-17-7-18-30-50)51-31-19-8-20-32-51/h3-32,41,45,52-55H,33-40,42H2,1-2H3/t45-,52-,53-,54-,55-,56-,57+/m0/s1. The molecule has 4 nitrogen and oxygen atoms in total. The molecule has 0 unspecified atom stereocenters. The highest BCUT2D eigenvalue weighted by Gasteiger charge is 2.62. The maximum absolute atomic E-state index is 12.7. The van der Waals surface area contributed by atoms with Crippen LogP contribution in [0.3, 0.4) is 0 Å². The summed E-state index contributed by atoms with van der Waals surface area (Å²) in [7, 11) is -5.83. The first-order chi connectivity index (χ1) is 30.9. The van der Waals surface area contributed by atoms with Gasteiger partial charge in [-0.1, -0.05) is 201 Å². The van der Waals surface area contributed by atoms with Crippen LogP contribution in [-0.4, -0.2) is 41.4 Å². The first kappa shape index (κ1) is 41.9.